The zero-order valence-electron chi connectivity index (χ0n) is 37.8. The Hall–Kier alpha value is -8.70. The maximum atomic E-state index is 9.32. The molecule has 69 heavy (non-hydrogen) atoms. The molecule has 6 aromatic heterocycles. The van der Waals surface area contributed by atoms with Gasteiger partial charge in [0.2, 0.25) is 0 Å². The molecule has 0 unspecified atom stereocenters. The standard InChI is InChI=1S/C53H48N16/c54-33-59-38-22-25-65(26-23-38)31-35-8-12-39(13-9-35)68-50(41-7-4-24-58-48(41)56)63-47-21-19-45(62-53(47)68)44-17-16-42(49(57)60-44)51-64-46-20-18-43(37-5-2-1-3-6-37)61-52(46)69(51)40-14-10-36(11-15-40)32-66-27-29-67(34-55)30-28-66/h1-21,24,38,59H,22-23,25-32H2,(H2,56,58)(H2,57,60). The largest absolute Gasteiger partial charge is 0.383 e. The van der Waals surface area contributed by atoms with Gasteiger partial charge in [0, 0.05) is 81.5 Å². The van der Waals surface area contributed by atoms with Crippen LogP contribution in [0.25, 0.3) is 79.1 Å². The number of aromatic nitrogens is 8. The summed E-state index contributed by atoms with van der Waals surface area (Å²) < 4.78 is 4.08. The van der Waals surface area contributed by atoms with Crippen molar-refractivity contribution in [1.29, 1.82) is 10.5 Å². The van der Waals surface area contributed by atoms with E-state index in [9.17, 15) is 5.26 Å². The highest BCUT2D eigenvalue weighted by Gasteiger charge is 2.24. The molecule has 16 heteroatoms. The smallest absolute Gasteiger partial charge is 0.179 e. The Bertz CT molecular complexity index is 3390. The Morgan fingerprint density at radius 1 is 0.536 bits per heavy atom. The Morgan fingerprint density at radius 3 is 1.67 bits per heavy atom. The first-order valence-corrected chi connectivity index (χ1v) is 23.1. The lowest BCUT2D eigenvalue weighted by molar-refractivity contribution is 0.167. The molecule has 2 aliphatic rings. The average molecular weight is 909 g/mol. The number of nitrogens with two attached hydrogens (primary N) is 2. The minimum absolute atomic E-state index is 0.241. The van der Waals surface area contributed by atoms with E-state index in [-0.39, 0.29) is 6.04 Å². The van der Waals surface area contributed by atoms with E-state index in [2.05, 4.69) is 97.7 Å². The second kappa shape index (κ2) is 18.5. The number of piperazine rings is 1. The fraction of sp³-hybridized carbons (Fsp3) is 0.208. The third kappa shape index (κ3) is 8.62. The molecular formula is C53H48N16. The van der Waals surface area contributed by atoms with Gasteiger partial charge in [-0.2, -0.15) is 10.5 Å². The number of pyridine rings is 4. The second-order valence-electron chi connectivity index (χ2n) is 17.6. The number of rotatable bonds is 11. The Kier molecular flexibility index (Phi) is 11.5. The monoisotopic (exact) mass is 908 g/mol. The quantitative estimate of drug-likeness (QED) is 0.0853. The van der Waals surface area contributed by atoms with Crippen LogP contribution >= 0.6 is 0 Å². The van der Waals surface area contributed by atoms with Crippen LogP contribution in [0.5, 0.6) is 0 Å². The first kappa shape index (κ1) is 42.9. The van der Waals surface area contributed by atoms with Crippen molar-refractivity contribution in [3.63, 3.8) is 0 Å². The Balaban J connectivity index is 0.943. The van der Waals surface area contributed by atoms with E-state index in [4.69, 9.17) is 41.6 Å². The summed E-state index contributed by atoms with van der Waals surface area (Å²) in [5.74, 6) is 1.90. The van der Waals surface area contributed by atoms with Crippen molar-refractivity contribution in [3.8, 4) is 69.2 Å². The summed E-state index contributed by atoms with van der Waals surface area (Å²) in [6.07, 6.45) is 7.91. The van der Waals surface area contributed by atoms with Gasteiger partial charge >= 0.3 is 0 Å². The van der Waals surface area contributed by atoms with Gasteiger partial charge in [0.25, 0.3) is 0 Å². The number of anilines is 2. The van der Waals surface area contributed by atoms with Crippen molar-refractivity contribution in [2.75, 3.05) is 50.7 Å². The number of likely N-dealkylation sites (tertiary alicyclic amines) is 1. The molecule has 11 rings (SSSR count). The maximum absolute atomic E-state index is 9.32. The van der Waals surface area contributed by atoms with Crippen LogP contribution in [0.2, 0.25) is 0 Å². The number of nitrogen functional groups attached to an aromatic ring is 2. The number of hydrogen-bond donors (Lipinski definition) is 3. The summed E-state index contributed by atoms with van der Waals surface area (Å²) in [4.78, 5) is 36.6. The molecule has 9 aromatic rings. The van der Waals surface area contributed by atoms with Crippen LogP contribution in [0, 0.1) is 22.9 Å². The number of piperidine rings is 1. The van der Waals surface area contributed by atoms with E-state index in [1.54, 1.807) is 6.20 Å². The highest BCUT2D eigenvalue weighted by atomic mass is 15.3. The fourth-order valence-corrected chi connectivity index (χ4v) is 9.44. The zero-order chi connectivity index (χ0) is 46.8. The fourth-order valence-electron chi connectivity index (χ4n) is 9.44. The normalized spacial score (nSPS) is 14.8. The van der Waals surface area contributed by atoms with Crippen LogP contribution < -0.4 is 16.8 Å². The molecule has 3 aromatic carbocycles. The topological polar surface area (TPSA) is 209 Å². The van der Waals surface area contributed by atoms with Crippen molar-refractivity contribution < 1.29 is 0 Å². The molecular weight excluding hydrogens is 861 g/mol. The van der Waals surface area contributed by atoms with Crippen molar-refractivity contribution in [2.45, 2.75) is 32.0 Å². The lowest BCUT2D eigenvalue weighted by Gasteiger charge is -2.31. The van der Waals surface area contributed by atoms with Crippen molar-refractivity contribution in [2.24, 2.45) is 0 Å². The predicted octanol–water partition coefficient (Wildman–Crippen LogP) is 7.41. The summed E-state index contributed by atoms with van der Waals surface area (Å²) in [7, 11) is 0. The molecule has 0 radical (unpaired) electrons. The number of imidazole rings is 2. The molecule has 0 amide bonds. The first-order chi connectivity index (χ1) is 33.9. The summed E-state index contributed by atoms with van der Waals surface area (Å²) in [6, 6.07) is 42.8. The maximum Gasteiger partial charge on any atom is 0.179 e. The van der Waals surface area contributed by atoms with Crippen molar-refractivity contribution in [1.82, 2.24) is 59.1 Å². The van der Waals surface area contributed by atoms with Gasteiger partial charge in [-0.1, -0.05) is 54.6 Å². The molecule has 5 N–H and O–H groups in total. The number of nitrogens with zero attached hydrogens (tertiary/aromatic N) is 13. The number of fused-ring (bicyclic) bond motifs is 2. The van der Waals surface area contributed by atoms with Gasteiger partial charge in [-0.3, -0.25) is 18.9 Å². The first-order valence-electron chi connectivity index (χ1n) is 23.1. The highest BCUT2D eigenvalue weighted by Crippen LogP contribution is 2.35. The van der Waals surface area contributed by atoms with Crippen LogP contribution in [0.1, 0.15) is 24.0 Å². The van der Waals surface area contributed by atoms with Crippen LogP contribution in [0.15, 0.2) is 134 Å². The van der Waals surface area contributed by atoms with Crippen LogP contribution in [0.4, 0.5) is 11.6 Å². The lowest BCUT2D eigenvalue weighted by Crippen LogP contribution is -2.43. The van der Waals surface area contributed by atoms with Gasteiger partial charge in [0.15, 0.2) is 35.3 Å². The van der Waals surface area contributed by atoms with Gasteiger partial charge in [-0.25, -0.2) is 29.9 Å². The van der Waals surface area contributed by atoms with Gasteiger partial charge in [0.05, 0.1) is 28.2 Å². The van der Waals surface area contributed by atoms with E-state index in [1.165, 1.54) is 11.1 Å². The molecule has 0 saturated carbocycles. The van der Waals surface area contributed by atoms with Crippen molar-refractivity contribution in [3.05, 3.63) is 145 Å². The molecule has 0 aliphatic carbocycles. The third-order valence-electron chi connectivity index (χ3n) is 13.2. The minimum Gasteiger partial charge on any atom is -0.383 e. The van der Waals surface area contributed by atoms with Crippen molar-refractivity contribution >= 4 is 34.0 Å². The van der Waals surface area contributed by atoms with Crippen LogP contribution in [0.3, 0.4) is 0 Å². The van der Waals surface area contributed by atoms with Gasteiger partial charge < -0.3 is 21.7 Å². The minimum atomic E-state index is 0.241. The molecule has 2 saturated heterocycles. The molecule has 8 heterocycles. The van der Waals surface area contributed by atoms with Crippen LogP contribution in [-0.4, -0.2) is 99.0 Å². The number of hydrogen-bond acceptors (Lipinski definition) is 14. The number of nitriles is 2. The third-order valence-corrected chi connectivity index (χ3v) is 13.2. The SMILES string of the molecule is N#CNC1CCN(Cc2ccc(-n3c(-c4cccnc4N)nc4ccc(-c5ccc(-c6nc7ccc(-c8ccccc8)nc7n6-c6ccc(CN7CCN(C#N)CC7)cc6)c(N)n5)nc43)cc2)CC1. The Morgan fingerprint density at radius 2 is 1.09 bits per heavy atom. The summed E-state index contributed by atoms with van der Waals surface area (Å²) in [5.41, 5.74) is 24.7. The molecule has 0 atom stereocenters. The number of nitrogens with one attached hydrogen (secondary N) is 1. The summed E-state index contributed by atoms with van der Waals surface area (Å²) in [6.45, 7) is 6.62. The average Bonchev–Trinajstić information content (AvgIpc) is 3.96. The van der Waals surface area contributed by atoms with Crippen LogP contribution in [-0.2, 0) is 13.1 Å². The van der Waals surface area contributed by atoms with E-state index in [0.717, 1.165) is 93.3 Å². The Labute approximate surface area is 398 Å². The summed E-state index contributed by atoms with van der Waals surface area (Å²) >= 11 is 0. The highest BCUT2D eigenvalue weighted by molar-refractivity contribution is 5.87. The van der Waals surface area contributed by atoms with Gasteiger partial charge in [-0.15, -0.1) is 0 Å². The molecule has 2 aliphatic heterocycles. The molecule has 340 valence electrons. The molecule has 16 nitrogen and oxygen atoms in total. The van der Waals surface area contributed by atoms with Gasteiger partial charge in [-0.05, 0) is 96.8 Å². The van der Waals surface area contributed by atoms with Gasteiger partial charge in [0.1, 0.15) is 22.7 Å². The van der Waals surface area contributed by atoms with E-state index < -0.39 is 0 Å². The second-order valence-corrected chi connectivity index (χ2v) is 17.6. The predicted molar refractivity (Wildman–Crippen MR) is 267 cm³/mol. The number of benzene rings is 3. The van der Waals surface area contributed by atoms with E-state index in [1.807, 2.05) is 76.2 Å². The van der Waals surface area contributed by atoms with E-state index in [0.29, 0.717) is 62.6 Å². The zero-order valence-corrected chi connectivity index (χ0v) is 37.8. The van der Waals surface area contributed by atoms with E-state index >= 15 is 0 Å². The molecule has 2 fully saturated rings. The molecule has 0 bridgehead atoms. The summed E-state index contributed by atoms with van der Waals surface area (Å²) in [5, 5.41) is 21.3. The lowest BCUT2D eigenvalue weighted by atomic mass is 10.0. The molecule has 0 spiro atoms.